The van der Waals surface area contributed by atoms with Gasteiger partial charge in [0.25, 0.3) is 5.91 Å². The molecule has 0 aliphatic carbocycles. The molecule has 2 N–H and O–H groups in total. The number of carbonyl (C=O) groups excluding carboxylic acids is 1. The van der Waals surface area contributed by atoms with Crippen molar-refractivity contribution in [3.05, 3.63) is 87.3 Å². The number of nitrogens with one attached hydrogen (secondary N) is 1. The number of carboxylic acid groups (broad SMARTS) is 1. The fourth-order valence-corrected chi connectivity index (χ4v) is 4.39. The molecule has 0 fully saturated rings. The zero-order valence-electron chi connectivity index (χ0n) is 16.9. The molecule has 1 amide bonds. The van der Waals surface area contributed by atoms with Gasteiger partial charge in [-0.15, -0.1) is 0 Å². The Morgan fingerprint density at radius 1 is 1.16 bits per heavy atom. The van der Waals surface area contributed by atoms with Crippen LogP contribution in [-0.2, 0) is 11.4 Å². The summed E-state index contributed by atoms with van der Waals surface area (Å²) in [7, 11) is 1.50. The van der Waals surface area contributed by atoms with E-state index in [0.717, 1.165) is 10.6 Å². The van der Waals surface area contributed by atoms with Gasteiger partial charge < -0.3 is 19.9 Å². The maximum Gasteiger partial charge on any atom is 0.335 e. The molecule has 0 atom stereocenters. The number of methoxy groups -OCH3 is 1. The van der Waals surface area contributed by atoms with Gasteiger partial charge in [-0.1, -0.05) is 47.6 Å². The Labute approximate surface area is 193 Å². The van der Waals surface area contributed by atoms with E-state index in [4.69, 9.17) is 26.2 Å². The molecule has 0 saturated carbocycles. The minimum absolute atomic E-state index is 0.118. The summed E-state index contributed by atoms with van der Waals surface area (Å²) < 4.78 is 11.3. The van der Waals surface area contributed by atoms with Crippen molar-refractivity contribution in [2.75, 3.05) is 12.4 Å². The number of aromatic carboxylic acids is 1. The first-order valence-corrected chi connectivity index (χ1v) is 10.8. The van der Waals surface area contributed by atoms with E-state index < -0.39 is 5.97 Å². The van der Waals surface area contributed by atoms with E-state index in [1.54, 1.807) is 30.3 Å². The van der Waals surface area contributed by atoms with Gasteiger partial charge in [0.1, 0.15) is 6.61 Å². The van der Waals surface area contributed by atoms with Crippen molar-refractivity contribution < 1.29 is 24.2 Å². The molecule has 32 heavy (non-hydrogen) atoms. The second-order valence-corrected chi connectivity index (χ2v) is 8.38. The molecule has 6 nitrogen and oxygen atoms in total. The second-order valence-electron chi connectivity index (χ2n) is 6.89. The van der Waals surface area contributed by atoms with Gasteiger partial charge in [0.05, 0.1) is 28.3 Å². The Morgan fingerprint density at radius 3 is 2.75 bits per heavy atom. The van der Waals surface area contributed by atoms with Gasteiger partial charge >= 0.3 is 5.97 Å². The van der Waals surface area contributed by atoms with Gasteiger partial charge in [0.2, 0.25) is 0 Å². The quantitative estimate of drug-likeness (QED) is 0.451. The van der Waals surface area contributed by atoms with Crippen molar-refractivity contribution in [2.45, 2.75) is 11.5 Å². The van der Waals surface area contributed by atoms with Crippen LogP contribution in [0.15, 0.2) is 70.5 Å². The Kier molecular flexibility index (Phi) is 6.39. The lowest BCUT2D eigenvalue weighted by Crippen LogP contribution is -2.17. The third kappa shape index (κ3) is 4.74. The standard InChI is InChI=1S/C24H18ClNO5S/c1-30-19-11-15(12-21-23(27)26-18-7-2-3-8-20(18)32-21)10-17(25)22(19)31-13-14-5-4-6-16(9-14)24(28)29/h2-12H,13H2,1H3,(H,26,27)(H,28,29)/b21-12-. The molecule has 1 aliphatic rings. The first-order chi connectivity index (χ1) is 15.4. The lowest BCUT2D eigenvalue weighted by molar-refractivity contribution is -0.112. The van der Waals surface area contributed by atoms with Crippen molar-refractivity contribution in [3.8, 4) is 11.5 Å². The average molecular weight is 468 g/mol. The Bertz CT molecular complexity index is 1240. The number of fused-ring (bicyclic) bond motifs is 1. The number of amides is 1. The molecule has 3 aromatic carbocycles. The van der Waals surface area contributed by atoms with Crippen LogP contribution in [0.2, 0.25) is 5.02 Å². The van der Waals surface area contributed by atoms with E-state index >= 15 is 0 Å². The molecule has 0 aromatic heterocycles. The number of thioether (sulfide) groups is 1. The SMILES string of the molecule is COc1cc(/C=C2\Sc3ccccc3NC2=O)cc(Cl)c1OCc1cccc(C(=O)O)c1. The molecule has 0 bridgehead atoms. The highest BCUT2D eigenvalue weighted by Crippen LogP contribution is 2.41. The van der Waals surface area contributed by atoms with Crippen molar-refractivity contribution in [1.82, 2.24) is 0 Å². The van der Waals surface area contributed by atoms with Gasteiger partial charge in [0, 0.05) is 4.90 Å². The monoisotopic (exact) mass is 467 g/mol. The number of rotatable bonds is 6. The number of para-hydroxylation sites is 1. The van der Waals surface area contributed by atoms with Crippen LogP contribution in [0.4, 0.5) is 5.69 Å². The molecule has 1 aliphatic heterocycles. The Balaban J connectivity index is 1.57. The summed E-state index contributed by atoms with van der Waals surface area (Å²) in [5.41, 5.74) is 2.33. The zero-order chi connectivity index (χ0) is 22.7. The van der Waals surface area contributed by atoms with E-state index in [9.17, 15) is 9.59 Å². The van der Waals surface area contributed by atoms with Crippen molar-refractivity contribution in [1.29, 1.82) is 0 Å². The molecule has 0 radical (unpaired) electrons. The van der Waals surface area contributed by atoms with E-state index in [0.29, 0.717) is 32.6 Å². The van der Waals surface area contributed by atoms with Crippen LogP contribution < -0.4 is 14.8 Å². The largest absolute Gasteiger partial charge is 0.493 e. The maximum absolute atomic E-state index is 12.5. The van der Waals surface area contributed by atoms with Gasteiger partial charge in [-0.2, -0.15) is 0 Å². The lowest BCUT2D eigenvalue weighted by atomic mass is 10.1. The summed E-state index contributed by atoms with van der Waals surface area (Å²) in [6, 6.07) is 17.5. The van der Waals surface area contributed by atoms with Crippen LogP contribution in [-0.4, -0.2) is 24.1 Å². The van der Waals surface area contributed by atoms with Gasteiger partial charge in [-0.25, -0.2) is 4.79 Å². The van der Waals surface area contributed by atoms with Crippen LogP contribution in [0.5, 0.6) is 11.5 Å². The number of carbonyl (C=O) groups is 2. The van der Waals surface area contributed by atoms with Crippen LogP contribution in [0.1, 0.15) is 21.5 Å². The molecule has 0 saturated heterocycles. The number of hydrogen-bond donors (Lipinski definition) is 2. The van der Waals surface area contributed by atoms with Gasteiger partial charge in [-0.3, -0.25) is 4.79 Å². The molecule has 1 heterocycles. The van der Waals surface area contributed by atoms with Crippen LogP contribution in [0.25, 0.3) is 6.08 Å². The Morgan fingerprint density at radius 2 is 1.97 bits per heavy atom. The minimum Gasteiger partial charge on any atom is -0.493 e. The summed E-state index contributed by atoms with van der Waals surface area (Å²) >= 11 is 7.84. The summed E-state index contributed by atoms with van der Waals surface area (Å²) in [4.78, 5) is 25.1. The van der Waals surface area contributed by atoms with Crippen LogP contribution >= 0.6 is 23.4 Å². The second kappa shape index (κ2) is 9.38. The van der Waals surface area contributed by atoms with E-state index in [-0.39, 0.29) is 18.1 Å². The van der Waals surface area contributed by atoms with Gasteiger partial charge in [-0.05, 0) is 53.6 Å². The number of hydrogen-bond acceptors (Lipinski definition) is 5. The number of ether oxygens (including phenoxy) is 2. The summed E-state index contributed by atoms with van der Waals surface area (Å²) in [6.45, 7) is 0.118. The highest BCUT2D eigenvalue weighted by Gasteiger charge is 2.21. The summed E-state index contributed by atoms with van der Waals surface area (Å²) in [5, 5.41) is 12.3. The minimum atomic E-state index is -1.01. The summed E-state index contributed by atoms with van der Waals surface area (Å²) in [6.07, 6.45) is 1.74. The maximum atomic E-state index is 12.5. The topological polar surface area (TPSA) is 84.9 Å². The highest BCUT2D eigenvalue weighted by atomic mass is 35.5. The number of carboxylic acids is 1. The third-order valence-corrected chi connectivity index (χ3v) is 6.07. The normalized spacial score (nSPS) is 13.9. The number of benzene rings is 3. The van der Waals surface area contributed by atoms with Crippen molar-refractivity contribution in [3.63, 3.8) is 0 Å². The predicted octanol–water partition coefficient (Wildman–Crippen LogP) is 5.71. The summed E-state index contributed by atoms with van der Waals surface area (Å²) in [5.74, 6) is -0.460. The number of halogens is 1. The average Bonchev–Trinajstić information content (AvgIpc) is 2.78. The zero-order valence-corrected chi connectivity index (χ0v) is 18.5. The molecule has 4 rings (SSSR count). The molecule has 0 spiro atoms. The first kappa shape index (κ1) is 21.8. The van der Waals surface area contributed by atoms with E-state index in [2.05, 4.69) is 5.32 Å². The highest BCUT2D eigenvalue weighted by molar-refractivity contribution is 8.04. The molecule has 162 valence electrons. The molecular weight excluding hydrogens is 450 g/mol. The first-order valence-electron chi connectivity index (χ1n) is 9.57. The molecule has 3 aromatic rings. The van der Waals surface area contributed by atoms with E-state index in [1.807, 2.05) is 24.3 Å². The van der Waals surface area contributed by atoms with Crippen molar-refractivity contribution >= 4 is 47.0 Å². The molecule has 8 heteroatoms. The van der Waals surface area contributed by atoms with E-state index in [1.165, 1.54) is 31.0 Å². The Hall–Kier alpha value is -3.42. The molecule has 0 unspecified atom stereocenters. The fraction of sp³-hybridized carbons (Fsp3) is 0.0833. The van der Waals surface area contributed by atoms with Crippen molar-refractivity contribution in [2.24, 2.45) is 0 Å². The smallest absolute Gasteiger partial charge is 0.335 e. The third-order valence-electron chi connectivity index (χ3n) is 4.69. The van der Waals surface area contributed by atoms with Crippen LogP contribution in [0, 0.1) is 0 Å². The fourth-order valence-electron chi connectivity index (χ4n) is 3.17. The predicted molar refractivity (Wildman–Crippen MR) is 125 cm³/mol. The molecular formula is C24H18ClNO5S. The number of anilines is 1. The van der Waals surface area contributed by atoms with Crippen LogP contribution in [0.3, 0.4) is 0 Å². The lowest BCUT2D eigenvalue weighted by Gasteiger charge is -2.18. The van der Waals surface area contributed by atoms with Gasteiger partial charge in [0.15, 0.2) is 11.5 Å².